The Morgan fingerprint density at radius 1 is 1.33 bits per heavy atom. The van der Waals surface area contributed by atoms with Crippen LogP contribution >= 0.6 is 0 Å². The quantitative estimate of drug-likeness (QED) is 0.467. The van der Waals surface area contributed by atoms with Gasteiger partial charge < -0.3 is 5.32 Å². The highest BCUT2D eigenvalue weighted by atomic mass is 15.1. The third-order valence-corrected chi connectivity index (χ3v) is 2.68. The molecule has 0 aromatic carbocycles. The van der Waals surface area contributed by atoms with Gasteiger partial charge in [0.2, 0.25) is 0 Å². The maximum absolute atomic E-state index is 3.79. The molecule has 1 unspecified atom stereocenters. The van der Waals surface area contributed by atoms with Crippen molar-refractivity contribution in [2.75, 3.05) is 26.2 Å². The van der Waals surface area contributed by atoms with E-state index in [1.807, 2.05) is 6.08 Å². The molecule has 1 atom stereocenters. The highest BCUT2D eigenvalue weighted by molar-refractivity contribution is 4.76. The van der Waals surface area contributed by atoms with Gasteiger partial charge in [-0.3, -0.25) is 4.90 Å². The largest absolute Gasteiger partial charge is 0.316 e. The highest BCUT2D eigenvalue weighted by Crippen LogP contribution is 2.02. The lowest BCUT2D eigenvalue weighted by molar-refractivity contribution is 0.231. The van der Waals surface area contributed by atoms with Gasteiger partial charge in [-0.1, -0.05) is 26.8 Å². The summed E-state index contributed by atoms with van der Waals surface area (Å²) in [4.78, 5) is 2.45. The first-order valence-electron chi connectivity index (χ1n) is 6.17. The van der Waals surface area contributed by atoms with Crippen molar-refractivity contribution < 1.29 is 0 Å². The Bertz CT molecular complexity index is 155. The number of hydrogen-bond acceptors (Lipinski definition) is 2. The molecule has 0 amide bonds. The summed E-state index contributed by atoms with van der Waals surface area (Å²) >= 11 is 0. The van der Waals surface area contributed by atoms with Crippen molar-refractivity contribution in [2.24, 2.45) is 5.92 Å². The summed E-state index contributed by atoms with van der Waals surface area (Å²) in [5.41, 5.74) is 0. The Balaban J connectivity index is 3.61. The van der Waals surface area contributed by atoms with Crippen LogP contribution in [0.4, 0.5) is 0 Å². The third-order valence-electron chi connectivity index (χ3n) is 2.68. The summed E-state index contributed by atoms with van der Waals surface area (Å²) in [5.74, 6) is 0.746. The van der Waals surface area contributed by atoms with Gasteiger partial charge in [-0.15, -0.1) is 6.58 Å². The summed E-state index contributed by atoms with van der Waals surface area (Å²) < 4.78 is 0. The molecular formula is C13H28N2. The molecule has 15 heavy (non-hydrogen) atoms. The fourth-order valence-corrected chi connectivity index (χ4v) is 1.67. The van der Waals surface area contributed by atoms with E-state index in [2.05, 4.69) is 44.5 Å². The average molecular weight is 212 g/mol. The zero-order valence-corrected chi connectivity index (χ0v) is 10.9. The predicted octanol–water partition coefficient (Wildman–Crippen LogP) is 2.52. The van der Waals surface area contributed by atoms with E-state index < -0.39 is 0 Å². The van der Waals surface area contributed by atoms with E-state index in [9.17, 15) is 0 Å². The van der Waals surface area contributed by atoms with Crippen LogP contribution in [0.25, 0.3) is 0 Å². The maximum Gasteiger partial charge on any atom is 0.0163 e. The lowest BCUT2D eigenvalue weighted by Gasteiger charge is -2.26. The van der Waals surface area contributed by atoms with Crippen LogP contribution in [0.5, 0.6) is 0 Å². The van der Waals surface area contributed by atoms with E-state index in [0.29, 0.717) is 6.04 Å². The Labute approximate surface area is 95.7 Å². The van der Waals surface area contributed by atoms with E-state index in [-0.39, 0.29) is 0 Å². The smallest absolute Gasteiger partial charge is 0.0163 e. The summed E-state index contributed by atoms with van der Waals surface area (Å²) in [5, 5.41) is 3.48. The Morgan fingerprint density at radius 2 is 2.00 bits per heavy atom. The Hall–Kier alpha value is -0.340. The molecule has 0 heterocycles. The molecule has 2 nitrogen and oxygen atoms in total. The molecule has 0 aliphatic heterocycles. The lowest BCUT2D eigenvalue weighted by Crippen LogP contribution is -2.35. The Morgan fingerprint density at radius 3 is 2.47 bits per heavy atom. The second kappa shape index (κ2) is 8.93. The number of hydrogen-bond donors (Lipinski definition) is 1. The van der Waals surface area contributed by atoms with Crippen molar-refractivity contribution in [3.8, 4) is 0 Å². The van der Waals surface area contributed by atoms with Crippen LogP contribution in [-0.2, 0) is 0 Å². The van der Waals surface area contributed by atoms with Gasteiger partial charge in [-0.2, -0.15) is 0 Å². The number of likely N-dealkylation sites (N-methyl/N-ethyl adjacent to an activating group) is 1. The monoisotopic (exact) mass is 212 g/mol. The summed E-state index contributed by atoms with van der Waals surface area (Å²) in [6, 6.07) is 0.646. The van der Waals surface area contributed by atoms with E-state index in [0.717, 1.165) is 32.1 Å². The fraction of sp³-hybridized carbons (Fsp3) is 0.846. The molecule has 0 saturated carbocycles. The van der Waals surface area contributed by atoms with Gasteiger partial charge in [0.25, 0.3) is 0 Å². The van der Waals surface area contributed by atoms with Gasteiger partial charge in [0.1, 0.15) is 0 Å². The first-order chi connectivity index (χ1) is 7.11. The molecule has 0 aliphatic rings. The molecule has 2 heteroatoms. The Kier molecular flexibility index (Phi) is 8.73. The summed E-state index contributed by atoms with van der Waals surface area (Å²) in [6.07, 6.45) is 3.20. The van der Waals surface area contributed by atoms with Crippen LogP contribution in [0.15, 0.2) is 12.7 Å². The molecule has 0 radical (unpaired) electrons. The molecule has 0 rings (SSSR count). The standard InChI is InChI=1S/C13H28N2/c1-6-10-15(7-2)13(5)8-9-14-11-12(3)4/h6,12-14H,1,7-11H2,2-5H3. The van der Waals surface area contributed by atoms with Crippen LogP contribution in [0.3, 0.4) is 0 Å². The minimum atomic E-state index is 0.646. The first-order valence-corrected chi connectivity index (χ1v) is 6.17. The van der Waals surface area contributed by atoms with E-state index in [4.69, 9.17) is 0 Å². The molecule has 0 bridgehead atoms. The molecular weight excluding hydrogens is 184 g/mol. The average Bonchev–Trinajstić information content (AvgIpc) is 2.20. The van der Waals surface area contributed by atoms with Gasteiger partial charge in [0.05, 0.1) is 0 Å². The zero-order chi connectivity index (χ0) is 11.7. The molecule has 0 spiro atoms. The van der Waals surface area contributed by atoms with Crippen LogP contribution in [-0.4, -0.2) is 37.1 Å². The van der Waals surface area contributed by atoms with Crippen LogP contribution < -0.4 is 5.32 Å². The van der Waals surface area contributed by atoms with Crippen molar-refractivity contribution in [3.05, 3.63) is 12.7 Å². The summed E-state index contributed by atoms with van der Waals surface area (Å²) in [7, 11) is 0. The summed E-state index contributed by atoms with van der Waals surface area (Å²) in [6.45, 7) is 17.1. The van der Waals surface area contributed by atoms with E-state index >= 15 is 0 Å². The lowest BCUT2D eigenvalue weighted by atomic mass is 10.2. The molecule has 0 aromatic heterocycles. The molecule has 90 valence electrons. The molecule has 0 fully saturated rings. The maximum atomic E-state index is 3.79. The predicted molar refractivity (Wildman–Crippen MR) is 69.2 cm³/mol. The number of nitrogens with zero attached hydrogens (tertiary/aromatic N) is 1. The zero-order valence-electron chi connectivity index (χ0n) is 10.9. The van der Waals surface area contributed by atoms with Gasteiger partial charge in [-0.25, -0.2) is 0 Å². The van der Waals surface area contributed by atoms with Crippen LogP contribution in [0.1, 0.15) is 34.1 Å². The topological polar surface area (TPSA) is 15.3 Å². The van der Waals surface area contributed by atoms with Crippen LogP contribution in [0.2, 0.25) is 0 Å². The normalized spacial score (nSPS) is 13.5. The number of rotatable bonds is 9. The second-order valence-corrected chi connectivity index (χ2v) is 4.61. The molecule has 0 aliphatic carbocycles. The van der Waals surface area contributed by atoms with Crippen molar-refractivity contribution >= 4 is 0 Å². The first kappa shape index (κ1) is 14.7. The van der Waals surface area contributed by atoms with Gasteiger partial charge in [0.15, 0.2) is 0 Å². The van der Waals surface area contributed by atoms with Crippen molar-refractivity contribution in [3.63, 3.8) is 0 Å². The number of nitrogens with one attached hydrogen (secondary N) is 1. The van der Waals surface area contributed by atoms with Gasteiger partial charge in [0, 0.05) is 12.6 Å². The van der Waals surface area contributed by atoms with Crippen molar-refractivity contribution in [1.82, 2.24) is 10.2 Å². The second-order valence-electron chi connectivity index (χ2n) is 4.61. The molecule has 0 aromatic rings. The minimum absolute atomic E-state index is 0.646. The van der Waals surface area contributed by atoms with Crippen molar-refractivity contribution in [1.29, 1.82) is 0 Å². The van der Waals surface area contributed by atoms with Crippen molar-refractivity contribution in [2.45, 2.75) is 40.2 Å². The molecule has 1 N–H and O–H groups in total. The minimum Gasteiger partial charge on any atom is -0.316 e. The van der Waals surface area contributed by atoms with E-state index in [1.54, 1.807) is 0 Å². The van der Waals surface area contributed by atoms with E-state index in [1.165, 1.54) is 6.42 Å². The highest BCUT2D eigenvalue weighted by Gasteiger charge is 2.09. The third kappa shape index (κ3) is 7.57. The SMILES string of the molecule is C=CCN(CC)C(C)CCNCC(C)C. The van der Waals surface area contributed by atoms with Gasteiger partial charge in [-0.05, 0) is 38.9 Å². The molecule has 0 saturated heterocycles. The fourth-order valence-electron chi connectivity index (χ4n) is 1.67. The van der Waals surface area contributed by atoms with Crippen LogP contribution in [0, 0.1) is 5.92 Å². The van der Waals surface area contributed by atoms with Gasteiger partial charge >= 0.3 is 0 Å².